The first-order chi connectivity index (χ1) is 16.7. The number of fused-ring (bicyclic) bond motifs is 1. The van der Waals surface area contributed by atoms with E-state index in [0.717, 1.165) is 47.6 Å². The molecule has 1 aliphatic carbocycles. The molecule has 3 heterocycles. The minimum Gasteiger partial charge on any atom is -0.393 e. The fourth-order valence-electron chi connectivity index (χ4n) is 4.67. The predicted molar refractivity (Wildman–Crippen MR) is 140 cm³/mol. The highest BCUT2D eigenvalue weighted by Crippen LogP contribution is 2.32. The summed E-state index contributed by atoms with van der Waals surface area (Å²) in [6, 6.07) is 8.65. The van der Waals surface area contributed by atoms with E-state index in [1.165, 1.54) is 5.56 Å². The largest absolute Gasteiger partial charge is 0.393 e. The van der Waals surface area contributed by atoms with E-state index in [9.17, 15) is 5.11 Å². The normalized spacial score (nSPS) is 18.3. The van der Waals surface area contributed by atoms with Crippen molar-refractivity contribution in [2.24, 2.45) is 0 Å². The number of anilines is 2. The van der Waals surface area contributed by atoms with Crippen LogP contribution in [-0.2, 0) is 11.8 Å². The molecular weight excluding hydrogens is 438 g/mol. The number of nitrogens with one attached hydrogen (secondary N) is 1. The zero-order chi connectivity index (χ0) is 24.7. The molecule has 3 aromatic heterocycles. The van der Waals surface area contributed by atoms with E-state index in [0.29, 0.717) is 23.3 Å². The lowest BCUT2D eigenvalue weighted by atomic mass is 9.87. The van der Waals surface area contributed by atoms with Gasteiger partial charge in [0.25, 0.3) is 0 Å². The summed E-state index contributed by atoms with van der Waals surface area (Å²) in [5.41, 5.74) is 12.4. The minimum atomic E-state index is -0.260. The summed E-state index contributed by atoms with van der Waals surface area (Å²) in [4.78, 5) is 14.2. The molecule has 0 saturated heterocycles. The van der Waals surface area contributed by atoms with Crippen molar-refractivity contribution in [1.82, 2.24) is 24.7 Å². The molecule has 8 heteroatoms. The number of hydrogen-bond donors (Lipinski definition) is 3. The predicted octanol–water partition coefficient (Wildman–Crippen LogP) is 4.64. The van der Waals surface area contributed by atoms with Gasteiger partial charge in [-0.05, 0) is 48.8 Å². The fourth-order valence-corrected chi connectivity index (χ4v) is 4.67. The van der Waals surface area contributed by atoms with E-state index in [-0.39, 0.29) is 17.6 Å². The van der Waals surface area contributed by atoms with Gasteiger partial charge in [-0.25, -0.2) is 19.6 Å². The lowest BCUT2D eigenvalue weighted by Gasteiger charge is -2.19. The van der Waals surface area contributed by atoms with Crippen LogP contribution in [-0.4, -0.2) is 42.0 Å². The number of nitrogens with zero attached hydrogens (tertiary/aromatic N) is 5. The summed E-state index contributed by atoms with van der Waals surface area (Å²) >= 11 is 0. The maximum atomic E-state index is 9.95. The summed E-state index contributed by atoms with van der Waals surface area (Å²) in [6.07, 6.45) is 8.43. The van der Waals surface area contributed by atoms with E-state index in [2.05, 4.69) is 60.4 Å². The lowest BCUT2D eigenvalue weighted by molar-refractivity contribution is 0.182. The molecule has 182 valence electrons. The van der Waals surface area contributed by atoms with Crippen LogP contribution in [0.1, 0.15) is 58.2 Å². The van der Waals surface area contributed by atoms with Crippen LogP contribution in [0.3, 0.4) is 0 Å². The van der Waals surface area contributed by atoms with Crippen molar-refractivity contribution in [3.63, 3.8) is 0 Å². The standard InChI is InChI=1S/C27H33N7O/c1-5-22-26(31-18-8-11-20(35)12-18)33-23-21(14-29-25(28)24(23)32-22)16-13-30-34(15-16)19-9-6-17(7-10-19)27(2,3)4/h6-7,9-10,13-15,18,20,35H,5,8,11-12H2,1-4H3,(H2,28,29)(H,31,33)/t18-,20+/m1/s1. The maximum absolute atomic E-state index is 9.95. The average Bonchev–Trinajstić information content (AvgIpc) is 3.48. The zero-order valence-corrected chi connectivity index (χ0v) is 20.8. The zero-order valence-electron chi connectivity index (χ0n) is 20.8. The van der Waals surface area contributed by atoms with E-state index in [1.807, 2.05) is 24.0 Å². The molecule has 4 aromatic rings. The van der Waals surface area contributed by atoms with Crippen molar-refractivity contribution < 1.29 is 5.11 Å². The number of hydrogen-bond acceptors (Lipinski definition) is 7. The second-order valence-corrected chi connectivity index (χ2v) is 10.4. The Morgan fingerprint density at radius 3 is 2.51 bits per heavy atom. The highest BCUT2D eigenvalue weighted by Gasteiger charge is 2.25. The van der Waals surface area contributed by atoms with Gasteiger partial charge in [-0.1, -0.05) is 39.8 Å². The number of pyridine rings is 1. The van der Waals surface area contributed by atoms with Crippen LogP contribution in [0.2, 0.25) is 0 Å². The van der Waals surface area contributed by atoms with Crippen molar-refractivity contribution in [2.45, 2.75) is 70.9 Å². The molecule has 0 unspecified atom stereocenters. The van der Waals surface area contributed by atoms with E-state index < -0.39 is 0 Å². The molecule has 0 aliphatic heterocycles. The highest BCUT2D eigenvalue weighted by atomic mass is 16.3. The molecule has 1 aromatic carbocycles. The lowest BCUT2D eigenvalue weighted by Crippen LogP contribution is -2.19. The molecular formula is C27H33N7O. The first kappa shape index (κ1) is 23.2. The van der Waals surface area contributed by atoms with Gasteiger partial charge in [0.15, 0.2) is 5.82 Å². The van der Waals surface area contributed by atoms with Gasteiger partial charge in [-0.15, -0.1) is 0 Å². The van der Waals surface area contributed by atoms with E-state index in [4.69, 9.17) is 15.7 Å². The Labute approximate surface area is 205 Å². The van der Waals surface area contributed by atoms with Crippen LogP contribution in [0.15, 0.2) is 42.9 Å². The third kappa shape index (κ3) is 4.58. The van der Waals surface area contributed by atoms with Gasteiger partial charge in [0.2, 0.25) is 0 Å². The topological polar surface area (TPSA) is 115 Å². The van der Waals surface area contributed by atoms with Gasteiger partial charge in [0.1, 0.15) is 16.9 Å². The average molecular weight is 472 g/mol. The number of aliphatic hydroxyl groups is 1. The number of benzene rings is 1. The molecule has 1 fully saturated rings. The molecule has 0 amide bonds. The van der Waals surface area contributed by atoms with Gasteiger partial charge in [-0.2, -0.15) is 5.10 Å². The van der Waals surface area contributed by atoms with Crippen molar-refractivity contribution in [3.05, 3.63) is 54.1 Å². The summed E-state index contributed by atoms with van der Waals surface area (Å²) < 4.78 is 1.86. The van der Waals surface area contributed by atoms with Crippen LogP contribution in [0.25, 0.3) is 27.8 Å². The molecule has 35 heavy (non-hydrogen) atoms. The Balaban J connectivity index is 1.53. The smallest absolute Gasteiger partial charge is 0.151 e. The number of nitrogen functional groups attached to an aromatic ring is 1. The number of rotatable bonds is 5. The van der Waals surface area contributed by atoms with Gasteiger partial charge in [-0.3, -0.25) is 0 Å². The third-order valence-corrected chi connectivity index (χ3v) is 6.77. The summed E-state index contributed by atoms with van der Waals surface area (Å²) in [6.45, 7) is 8.66. The highest BCUT2D eigenvalue weighted by molar-refractivity contribution is 5.96. The minimum absolute atomic E-state index is 0.0979. The molecule has 8 nitrogen and oxygen atoms in total. The Bertz CT molecular complexity index is 1350. The van der Waals surface area contributed by atoms with Crippen LogP contribution < -0.4 is 11.1 Å². The molecule has 0 bridgehead atoms. The first-order valence-corrected chi connectivity index (χ1v) is 12.3. The van der Waals surface area contributed by atoms with Crippen molar-refractivity contribution in [1.29, 1.82) is 0 Å². The van der Waals surface area contributed by atoms with Gasteiger partial charge in [0.05, 0.1) is 23.7 Å². The molecule has 1 saturated carbocycles. The second kappa shape index (κ2) is 8.92. The second-order valence-electron chi connectivity index (χ2n) is 10.4. The van der Waals surface area contributed by atoms with Crippen molar-refractivity contribution >= 4 is 22.7 Å². The number of aliphatic hydroxyl groups excluding tert-OH is 1. The number of aryl methyl sites for hydroxylation is 1. The Hall–Kier alpha value is -3.52. The van der Waals surface area contributed by atoms with Crippen LogP contribution in [0, 0.1) is 0 Å². The number of aromatic nitrogens is 5. The number of nitrogens with two attached hydrogens (primary N) is 1. The van der Waals surface area contributed by atoms with E-state index in [1.54, 1.807) is 6.20 Å². The van der Waals surface area contributed by atoms with Crippen LogP contribution >= 0.6 is 0 Å². The Morgan fingerprint density at radius 1 is 1.09 bits per heavy atom. The molecule has 1 aliphatic rings. The van der Waals surface area contributed by atoms with Crippen LogP contribution in [0.4, 0.5) is 11.6 Å². The molecule has 0 radical (unpaired) electrons. The molecule has 4 N–H and O–H groups in total. The third-order valence-electron chi connectivity index (χ3n) is 6.77. The van der Waals surface area contributed by atoms with Gasteiger partial charge in [0, 0.05) is 29.6 Å². The fraction of sp³-hybridized carbons (Fsp3) is 0.407. The van der Waals surface area contributed by atoms with Crippen LogP contribution in [0.5, 0.6) is 0 Å². The van der Waals surface area contributed by atoms with Crippen molar-refractivity contribution in [2.75, 3.05) is 11.1 Å². The summed E-state index contributed by atoms with van der Waals surface area (Å²) in [5.74, 6) is 1.11. The van der Waals surface area contributed by atoms with E-state index >= 15 is 0 Å². The van der Waals surface area contributed by atoms with Gasteiger partial charge >= 0.3 is 0 Å². The van der Waals surface area contributed by atoms with Gasteiger partial charge < -0.3 is 16.2 Å². The maximum Gasteiger partial charge on any atom is 0.151 e. The Morgan fingerprint density at radius 2 is 1.86 bits per heavy atom. The quantitative estimate of drug-likeness (QED) is 0.388. The molecule has 2 atom stereocenters. The SMILES string of the molecule is CCc1nc2c(N)ncc(-c3cnn(-c4ccc(C(C)(C)C)cc4)c3)c2nc1N[C@@H]1CC[C@H](O)C1. The summed E-state index contributed by atoms with van der Waals surface area (Å²) in [5, 5.41) is 18.1. The summed E-state index contributed by atoms with van der Waals surface area (Å²) in [7, 11) is 0. The monoisotopic (exact) mass is 471 g/mol. The first-order valence-electron chi connectivity index (χ1n) is 12.3. The molecule has 0 spiro atoms. The molecule has 5 rings (SSSR count). The Kier molecular flexibility index (Phi) is 5.92. The van der Waals surface area contributed by atoms with Crippen molar-refractivity contribution in [3.8, 4) is 16.8 Å².